The molecule has 2 rings (SSSR count). The zero-order valence-electron chi connectivity index (χ0n) is 18.0. The van der Waals surface area contributed by atoms with Crippen LogP contribution in [0.2, 0.25) is 0 Å². The summed E-state index contributed by atoms with van der Waals surface area (Å²) in [6, 6.07) is 12.8. The van der Waals surface area contributed by atoms with Crippen molar-refractivity contribution in [1.82, 2.24) is 5.32 Å². The van der Waals surface area contributed by atoms with Crippen molar-refractivity contribution in [2.45, 2.75) is 59.5 Å². The van der Waals surface area contributed by atoms with Crippen molar-refractivity contribution in [3.63, 3.8) is 0 Å². The molecule has 0 heterocycles. The van der Waals surface area contributed by atoms with Gasteiger partial charge in [0.1, 0.15) is 6.04 Å². The van der Waals surface area contributed by atoms with E-state index in [1.807, 2.05) is 19.1 Å². The molecule has 2 aromatic rings. The Labute approximate surface area is 175 Å². The third-order valence-electron chi connectivity index (χ3n) is 5.20. The highest BCUT2D eigenvalue weighted by molar-refractivity contribution is 7.92. The Bertz CT molecular complexity index is 937. The van der Waals surface area contributed by atoms with Gasteiger partial charge < -0.3 is 5.32 Å². The van der Waals surface area contributed by atoms with Crippen LogP contribution >= 0.6 is 0 Å². The molecule has 6 heteroatoms. The minimum absolute atomic E-state index is 0.320. The first-order valence-electron chi connectivity index (χ1n) is 10.2. The Kier molecular flexibility index (Phi) is 7.85. The maximum atomic E-state index is 12.8. The molecule has 1 N–H and O–H groups in total. The Morgan fingerprint density at radius 2 is 1.52 bits per heavy atom. The number of aryl methyl sites for hydroxylation is 3. The van der Waals surface area contributed by atoms with Gasteiger partial charge in [0, 0.05) is 6.54 Å². The Hall–Kier alpha value is -2.34. The van der Waals surface area contributed by atoms with Crippen LogP contribution in [-0.2, 0) is 40.6 Å². The standard InChI is InChI=1S/C23H32N2O3S/c1-6-18-10-13-22(14-11-18)25(29(5,27)28)17(4)23(26)24-16-21-15-19(7-2)9-12-20(21)8-3/h9-15,17H,6-8,16H2,1-5H3,(H,24,26)/t17-/m0/s1. The van der Waals surface area contributed by atoms with Crippen LogP contribution in [0.3, 0.4) is 0 Å². The molecule has 0 aliphatic rings. The average molecular weight is 417 g/mol. The van der Waals surface area contributed by atoms with Crippen LogP contribution in [0.4, 0.5) is 5.69 Å². The Morgan fingerprint density at radius 1 is 0.931 bits per heavy atom. The number of nitrogens with zero attached hydrogens (tertiary/aromatic N) is 1. The maximum Gasteiger partial charge on any atom is 0.243 e. The summed E-state index contributed by atoms with van der Waals surface area (Å²) in [6.07, 6.45) is 3.80. The normalized spacial score (nSPS) is 12.4. The topological polar surface area (TPSA) is 66.5 Å². The van der Waals surface area contributed by atoms with Crippen molar-refractivity contribution < 1.29 is 13.2 Å². The lowest BCUT2D eigenvalue weighted by Gasteiger charge is -2.28. The van der Waals surface area contributed by atoms with Gasteiger partial charge in [-0.3, -0.25) is 9.10 Å². The smallest absolute Gasteiger partial charge is 0.243 e. The Balaban J connectivity index is 2.21. The van der Waals surface area contributed by atoms with Crippen molar-refractivity contribution in [1.29, 1.82) is 0 Å². The highest BCUT2D eigenvalue weighted by atomic mass is 32.2. The molecule has 0 aliphatic heterocycles. The van der Waals surface area contributed by atoms with E-state index in [1.54, 1.807) is 19.1 Å². The number of rotatable bonds is 9. The summed E-state index contributed by atoms with van der Waals surface area (Å²) in [7, 11) is -3.62. The molecular formula is C23H32N2O3S. The molecule has 0 saturated carbocycles. The number of benzene rings is 2. The molecule has 0 aromatic heterocycles. The summed E-state index contributed by atoms with van der Waals surface area (Å²) in [5.41, 5.74) is 5.08. The van der Waals surface area contributed by atoms with Gasteiger partial charge in [0.25, 0.3) is 0 Å². The monoisotopic (exact) mass is 416 g/mol. The van der Waals surface area contributed by atoms with E-state index in [0.29, 0.717) is 12.2 Å². The second-order valence-electron chi connectivity index (χ2n) is 7.28. The van der Waals surface area contributed by atoms with E-state index in [1.165, 1.54) is 15.4 Å². The van der Waals surface area contributed by atoms with Crippen molar-refractivity contribution in [2.75, 3.05) is 10.6 Å². The summed E-state index contributed by atoms with van der Waals surface area (Å²) in [5, 5.41) is 2.92. The van der Waals surface area contributed by atoms with Gasteiger partial charge in [0.15, 0.2) is 0 Å². The van der Waals surface area contributed by atoms with Gasteiger partial charge in [0.05, 0.1) is 11.9 Å². The number of amides is 1. The number of hydrogen-bond acceptors (Lipinski definition) is 3. The van der Waals surface area contributed by atoms with Crippen LogP contribution in [-0.4, -0.2) is 26.6 Å². The zero-order valence-corrected chi connectivity index (χ0v) is 18.8. The average Bonchev–Trinajstić information content (AvgIpc) is 2.71. The van der Waals surface area contributed by atoms with E-state index in [4.69, 9.17) is 0 Å². The molecule has 1 atom stereocenters. The van der Waals surface area contributed by atoms with Crippen LogP contribution in [0.25, 0.3) is 0 Å². The van der Waals surface area contributed by atoms with Crippen molar-refractivity contribution >= 4 is 21.6 Å². The summed E-state index contributed by atoms with van der Waals surface area (Å²) >= 11 is 0. The van der Waals surface area contributed by atoms with E-state index in [2.05, 4.69) is 37.4 Å². The van der Waals surface area contributed by atoms with Crippen LogP contribution in [0, 0.1) is 0 Å². The van der Waals surface area contributed by atoms with Gasteiger partial charge in [-0.15, -0.1) is 0 Å². The minimum atomic E-state index is -3.62. The molecule has 0 saturated heterocycles. The number of carbonyl (C=O) groups excluding carboxylic acids is 1. The number of sulfonamides is 1. The van der Waals surface area contributed by atoms with E-state index in [0.717, 1.165) is 36.6 Å². The SMILES string of the molecule is CCc1ccc(N([C@@H](C)C(=O)NCc2cc(CC)ccc2CC)S(C)(=O)=O)cc1. The lowest BCUT2D eigenvalue weighted by molar-refractivity contribution is -0.122. The first-order valence-corrected chi connectivity index (χ1v) is 12.0. The number of anilines is 1. The van der Waals surface area contributed by atoms with Crippen LogP contribution in [0.5, 0.6) is 0 Å². The summed E-state index contributed by atoms with van der Waals surface area (Å²) in [4.78, 5) is 12.8. The molecule has 0 unspecified atom stereocenters. The van der Waals surface area contributed by atoms with Gasteiger partial charge in [-0.25, -0.2) is 8.42 Å². The fraction of sp³-hybridized carbons (Fsp3) is 0.435. The molecule has 29 heavy (non-hydrogen) atoms. The van der Waals surface area contributed by atoms with Gasteiger partial charge in [-0.2, -0.15) is 0 Å². The third kappa shape index (κ3) is 5.82. The highest BCUT2D eigenvalue weighted by Gasteiger charge is 2.29. The van der Waals surface area contributed by atoms with Gasteiger partial charge in [0.2, 0.25) is 15.9 Å². The lowest BCUT2D eigenvalue weighted by atomic mass is 10.0. The minimum Gasteiger partial charge on any atom is -0.350 e. The molecule has 0 radical (unpaired) electrons. The number of nitrogens with one attached hydrogen (secondary N) is 1. The third-order valence-corrected chi connectivity index (χ3v) is 6.44. The van der Waals surface area contributed by atoms with E-state index >= 15 is 0 Å². The van der Waals surface area contributed by atoms with Crippen molar-refractivity contribution in [3.05, 3.63) is 64.7 Å². The predicted molar refractivity (Wildman–Crippen MR) is 120 cm³/mol. The second kappa shape index (κ2) is 9.92. The van der Waals surface area contributed by atoms with E-state index < -0.39 is 16.1 Å². The Morgan fingerprint density at radius 3 is 2.03 bits per heavy atom. The fourth-order valence-corrected chi connectivity index (χ4v) is 4.60. The fourth-order valence-electron chi connectivity index (χ4n) is 3.43. The number of carbonyl (C=O) groups is 1. The largest absolute Gasteiger partial charge is 0.350 e. The summed E-state index contributed by atoms with van der Waals surface area (Å²) in [5.74, 6) is -0.320. The molecule has 0 fully saturated rings. The molecule has 0 aliphatic carbocycles. The molecule has 158 valence electrons. The molecule has 5 nitrogen and oxygen atoms in total. The molecule has 0 bridgehead atoms. The van der Waals surface area contributed by atoms with Gasteiger partial charge >= 0.3 is 0 Å². The molecule has 2 aromatic carbocycles. The van der Waals surface area contributed by atoms with Crippen molar-refractivity contribution in [2.24, 2.45) is 0 Å². The van der Waals surface area contributed by atoms with Crippen molar-refractivity contribution in [3.8, 4) is 0 Å². The first-order chi connectivity index (χ1) is 13.7. The van der Waals surface area contributed by atoms with Crippen LogP contribution in [0.1, 0.15) is 49.9 Å². The van der Waals surface area contributed by atoms with E-state index in [-0.39, 0.29) is 5.91 Å². The second-order valence-corrected chi connectivity index (χ2v) is 9.14. The van der Waals surface area contributed by atoms with Crippen LogP contribution < -0.4 is 9.62 Å². The lowest BCUT2D eigenvalue weighted by Crippen LogP contribution is -2.47. The zero-order chi connectivity index (χ0) is 21.6. The highest BCUT2D eigenvalue weighted by Crippen LogP contribution is 2.22. The molecule has 1 amide bonds. The summed E-state index contributed by atoms with van der Waals surface area (Å²) in [6.45, 7) is 8.22. The van der Waals surface area contributed by atoms with E-state index in [9.17, 15) is 13.2 Å². The maximum absolute atomic E-state index is 12.8. The first kappa shape index (κ1) is 22.9. The molecule has 0 spiro atoms. The van der Waals surface area contributed by atoms with Gasteiger partial charge in [-0.05, 0) is 60.6 Å². The quantitative estimate of drug-likeness (QED) is 0.675. The predicted octanol–water partition coefficient (Wildman–Crippen LogP) is 3.84. The van der Waals surface area contributed by atoms with Gasteiger partial charge in [-0.1, -0.05) is 51.1 Å². The summed E-state index contributed by atoms with van der Waals surface area (Å²) < 4.78 is 26.1. The van der Waals surface area contributed by atoms with Crippen LogP contribution in [0.15, 0.2) is 42.5 Å². The molecular weight excluding hydrogens is 384 g/mol. The number of hydrogen-bond donors (Lipinski definition) is 1.